The second-order valence-electron chi connectivity index (χ2n) is 7.63. The number of aliphatic hydroxyl groups is 1. The molecule has 8 nitrogen and oxygen atoms in total. The maximum atomic E-state index is 13.5. The van der Waals surface area contributed by atoms with Gasteiger partial charge in [0, 0.05) is 6.54 Å². The summed E-state index contributed by atoms with van der Waals surface area (Å²) in [5.74, 6) is -11.3. The van der Waals surface area contributed by atoms with Crippen LogP contribution in [0.1, 0.15) is 6.92 Å². The van der Waals surface area contributed by atoms with E-state index in [0.29, 0.717) is 17.9 Å². The first-order valence-electron chi connectivity index (χ1n) is 9.43. The lowest BCUT2D eigenvalue weighted by Gasteiger charge is -2.29. The molecule has 0 aliphatic carbocycles. The number of hydrogen-bond donors (Lipinski definition) is 4. The van der Waals surface area contributed by atoms with E-state index in [1.807, 2.05) is 0 Å². The van der Waals surface area contributed by atoms with Crippen molar-refractivity contribution in [1.82, 2.24) is 10.6 Å². The van der Waals surface area contributed by atoms with Crippen LogP contribution in [0.25, 0.3) is 0 Å². The van der Waals surface area contributed by atoms with Gasteiger partial charge in [-0.1, -0.05) is 0 Å². The molecule has 1 aliphatic heterocycles. The zero-order valence-electron chi connectivity index (χ0n) is 17.5. The number of nitrogens with zero attached hydrogens (tertiary/aromatic N) is 1. The van der Waals surface area contributed by atoms with E-state index in [4.69, 9.17) is 0 Å². The van der Waals surface area contributed by atoms with Crippen LogP contribution in [0.15, 0.2) is 18.2 Å². The standard InChI is InChI=1S/C18H17F9N4O4/c1-15(35,13(33)28-6-16(20,21)18(25,26)27)14(34)30-10-5-31(7-17(22,23)24)11-3-2-8(19)4-9(11)29-12(10)32/h2-4,10,35H,5-7H2,1H3,(H,28,33)(H,29,32)(H,30,34)/t10-,15?/m0/s1. The minimum Gasteiger partial charge on any atom is -0.372 e. The summed E-state index contributed by atoms with van der Waals surface area (Å²) < 4.78 is 115. The molecule has 2 atom stereocenters. The molecule has 4 N–H and O–H groups in total. The third-order valence-electron chi connectivity index (χ3n) is 4.72. The molecule has 0 fully saturated rings. The molecule has 0 aromatic heterocycles. The van der Waals surface area contributed by atoms with Crippen LogP contribution in [-0.4, -0.2) is 72.4 Å². The highest BCUT2D eigenvalue weighted by molar-refractivity contribution is 6.10. The van der Waals surface area contributed by atoms with Crippen molar-refractivity contribution in [2.45, 2.75) is 36.8 Å². The van der Waals surface area contributed by atoms with Gasteiger partial charge in [0.25, 0.3) is 11.8 Å². The van der Waals surface area contributed by atoms with E-state index in [-0.39, 0.29) is 5.69 Å². The van der Waals surface area contributed by atoms with Crippen molar-refractivity contribution in [2.24, 2.45) is 0 Å². The molecule has 1 aromatic rings. The molecule has 1 heterocycles. The van der Waals surface area contributed by atoms with E-state index in [2.05, 4.69) is 5.32 Å². The molecule has 0 bridgehead atoms. The molecular formula is C18H17F9N4O4. The lowest BCUT2D eigenvalue weighted by atomic mass is 10.0. The molecule has 2 rings (SSSR count). The maximum Gasteiger partial charge on any atom is 0.455 e. The highest BCUT2D eigenvalue weighted by Gasteiger charge is 2.58. The first kappa shape index (κ1) is 28.0. The maximum absolute atomic E-state index is 13.5. The second kappa shape index (κ2) is 9.43. The summed E-state index contributed by atoms with van der Waals surface area (Å²) in [6, 6.07) is 0.520. The first-order valence-corrected chi connectivity index (χ1v) is 9.43. The molecule has 196 valence electrons. The van der Waals surface area contributed by atoms with Gasteiger partial charge in [-0.25, -0.2) is 4.39 Å². The van der Waals surface area contributed by atoms with Gasteiger partial charge < -0.3 is 26.0 Å². The van der Waals surface area contributed by atoms with E-state index < -0.39 is 78.8 Å². The molecule has 35 heavy (non-hydrogen) atoms. The average Bonchev–Trinajstić information content (AvgIpc) is 2.80. The van der Waals surface area contributed by atoms with E-state index in [1.165, 1.54) is 0 Å². The van der Waals surface area contributed by atoms with Gasteiger partial charge in [0.2, 0.25) is 11.5 Å². The van der Waals surface area contributed by atoms with Crippen molar-refractivity contribution < 1.29 is 59.0 Å². The normalized spacial score (nSPS) is 18.7. The lowest BCUT2D eigenvalue weighted by molar-refractivity contribution is -0.278. The predicted octanol–water partition coefficient (Wildman–Crippen LogP) is 1.70. The van der Waals surface area contributed by atoms with Crippen LogP contribution >= 0.6 is 0 Å². The quantitative estimate of drug-likeness (QED) is 0.335. The average molecular weight is 524 g/mol. The number of anilines is 2. The van der Waals surface area contributed by atoms with Crippen molar-refractivity contribution in [1.29, 1.82) is 0 Å². The molecule has 0 radical (unpaired) electrons. The smallest absolute Gasteiger partial charge is 0.372 e. The molecule has 0 saturated heterocycles. The number of carbonyl (C=O) groups excluding carboxylic acids is 3. The topological polar surface area (TPSA) is 111 Å². The number of carbonyl (C=O) groups is 3. The Balaban J connectivity index is 2.22. The fourth-order valence-electron chi connectivity index (χ4n) is 2.85. The van der Waals surface area contributed by atoms with Crippen LogP contribution in [0.2, 0.25) is 0 Å². The minimum absolute atomic E-state index is 0.285. The Morgan fingerprint density at radius 2 is 1.71 bits per heavy atom. The molecular weight excluding hydrogens is 507 g/mol. The van der Waals surface area contributed by atoms with E-state index in [1.54, 1.807) is 5.32 Å². The van der Waals surface area contributed by atoms with Gasteiger partial charge in [0.15, 0.2) is 0 Å². The van der Waals surface area contributed by atoms with Crippen molar-refractivity contribution in [3.05, 3.63) is 24.0 Å². The third kappa shape index (κ3) is 6.67. The van der Waals surface area contributed by atoms with Crippen molar-refractivity contribution in [3.8, 4) is 0 Å². The van der Waals surface area contributed by atoms with Gasteiger partial charge in [-0.3, -0.25) is 14.4 Å². The summed E-state index contributed by atoms with van der Waals surface area (Å²) >= 11 is 0. The Labute approximate surface area is 190 Å². The van der Waals surface area contributed by atoms with Crippen molar-refractivity contribution in [3.63, 3.8) is 0 Å². The van der Waals surface area contributed by atoms with Crippen LogP contribution in [0, 0.1) is 5.82 Å². The minimum atomic E-state index is -6.05. The Morgan fingerprint density at radius 1 is 1.11 bits per heavy atom. The van der Waals surface area contributed by atoms with Crippen LogP contribution in [0.3, 0.4) is 0 Å². The number of amides is 3. The lowest BCUT2D eigenvalue weighted by Crippen LogP contribution is -2.61. The highest BCUT2D eigenvalue weighted by Crippen LogP contribution is 2.35. The Morgan fingerprint density at radius 3 is 2.26 bits per heavy atom. The summed E-state index contributed by atoms with van der Waals surface area (Å²) in [6.45, 7) is -4.51. The van der Waals surface area contributed by atoms with Gasteiger partial charge in [-0.2, -0.15) is 35.1 Å². The summed E-state index contributed by atoms with van der Waals surface area (Å²) in [7, 11) is 0. The molecule has 1 aliphatic rings. The summed E-state index contributed by atoms with van der Waals surface area (Å²) in [5.41, 5.74) is -4.00. The SMILES string of the molecule is CC(O)(C(=O)NCC(F)(F)C(F)(F)F)C(=O)N[C@H]1CN(CC(F)(F)F)c2ccc(F)cc2NC1=O. The zero-order chi connectivity index (χ0) is 27.0. The molecule has 3 amide bonds. The van der Waals surface area contributed by atoms with Gasteiger partial charge in [0.05, 0.1) is 17.9 Å². The molecule has 0 saturated carbocycles. The largest absolute Gasteiger partial charge is 0.455 e. The fourth-order valence-corrected chi connectivity index (χ4v) is 2.85. The molecule has 0 spiro atoms. The van der Waals surface area contributed by atoms with Gasteiger partial charge >= 0.3 is 18.3 Å². The van der Waals surface area contributed by atoms with Crippen molar-refractivity contribution in [2.75, 3.05) is 29.9 Å². The van der Waals surface area contributed by atoms with Gasteiger partial charge in [-0.15, -0.1) is 0 Å². The summed E-state index contributed by atoms with van der Waals surface area (Å²) in [4.78, 5) is 37.2. The van der Waals surface area contributed by atoms with Crippen LogP contribution in [0.4, 0.5) is 50.9 Å². The van der Waals surface area contributed by atoms with Gasteiger partial charge in [-0.05, 0) is 25.1 Å². The third-order valence-corrected chi connectivity index (χ3v) is 4.72. The second-order valence-corrected chi connectivity index (χ2v) is 7.63. The number of benzene rings is 1. The molecule has 1 unspecified atom stereocenters. The highest BCUT2D eigenvalue weighted by atomic mass is 19.4. The summed E-state index contributed by atoms with van der Waals surface area (Å²) in [5, 5.41) is 14.9. The number of hydrogen-bond acceptors (Lipinski definition) is 5. The van der Waals surface area contributed by atoms with Crippen LogP contribution in [-0.2, 0) is 14.4 Å². The number of rotatable bonds is 6. The van der Waals surface area contributed by atoms with Crippen LogP contribution in [0.5, 0.6) is 0 Å². The fraction of sp³-hybridized carbons (Fsp3) is 0.500. The van der Waals surface area contributed by atoms with Crippen LogP contribution < -0.4 is 20.9 Å². The number of fused-ring (bicyclic) bond motifs is 1. The zero-order valence-corrected chi connectivity index (χ0v) is 17.5. The van der Waals surface area contributed by atoms with E-state index in [0.717, 1.165) is 17.4 Å². The van der Waals surface area contributed by atoms with E-state index in [9.17, 15) is 59.0 Å². The number of nitrogens with one attached hydrogen (secondary N) is 3. The monoisotopic (exact) mass is 524 g/mol. The molecule has 1 aromatic carbocycles. The van der Waals surface area contributed by atoms with Crippen molar-refractivity contribution >= 4 is 29.1 Å². The first-order chi connectivity index (χ1) is 15.7. The predicted molar refractivity (Wildman–Crippen MR) is 99.9 cm³/mol. The Hall–Kier alpha value is -3.24. The Bertz CT molecular complexity index is 995. The number of halogens is 9. The molecule has 17 heteroatoms. The number of alkyl halides is 8. The van der Waals surface area contributed by atoms with Gasteiger partial charge in [0.1, 0.15) is 18.4 Å². The van der Waals surface area contributed by atoms with E-state index >= 15 is 0 Å². The Kier molecular flexibility index (Phi) is 7.54. The summed E-state index contributed by atoms with van der Waals surface area (Å²) in [6.07, 6.45) is -10.9.